The molecule has 0 spiro atoms. The number of benzene rings is 1. The second kappa shape index (κ2) is 8.79. The Morgan fingerprint density at radius 1 is 1.10 bits per heavy atom. The Hall–Kier alpha value is -1.40. The normalized spacial score (nSPS) is 12.9. The predicted molar refractivity (Wildman–Crippen MR) is 81.3 cm³/mol. The fraction of sp³-hybridized carbons (Fsp3) is 0.500. The van der Waals surface area contributed by atoms with Gasteiger partial charge in [-0.05, 0) is 18.6 Å². The highest BCUT2D eigenvalue weighted by molar-refractivity contribution is 5.77. The number of hydrogen-bond acceptors (Lipinski definition) is 5. The van der Waals surface area contributed by atoms with Crippen LogP contribution in [0.1, 0.15) is 18.2 Å². The van der Waals surface area contributed by atoms with Crippen LogP contribution in [0.15, 0.2) is 34.7 Å². The lowest BCUT2D eigenvalue weighted by Crippen LogP contribution is -2.18. The maximum Gasteiger partial charge on any atom is 0.134 e. The Kier molecular flexibility index (Phi) is 6.69. The van der Waals surface area contributed by atoms with Crippen LogP contribution < -0.4 is 5.73 Å². The zero-order chi connectivity index (χ0) is 14.9. The van der Waals surface area contributed by atoms with Gasteiger partial charge < -0.3 is 24.4 Å². The largest absolute Gasteiger partial charge is 0.459 e. The quantitative estimate of drug-likeness (QED) is 0.682. The molecule has 21 heavy (non-hydrogen) atoms. The zero-order valence-electron chi connectivity index (χ0n) is 12.4. The van der Waals surface area contributed by atoms with Crippen molar-refractivity contribution in [2.75, 3.05) is 40.1 Å². The molecule has 116 valence electrons. The Bertz CT molecular complexity index is 493. The van der Waals surface area contributed by atoms with Crippen LogP contribution >= 0.6 is 0 Å². The highest BCUT2D eigenvalue weighted by Crippen LogP contribution is 2.22. The van der Waals surface area contributed by atoms with Crippen molar-refractivity contribution in [1.29, 1.82) is 0 Å². The average molecular weight is 293 g/mol. The number of fused-ring (bicyclic) bond motifs is 1. The number of rotatable bonds is 10. The molecule has 1 aromatic heterocycles. The molecule has 0 fully saturated rings. The van der Waals surface area contributed by atoms with E-state index in [0.717, 1.165) is 29.8 Å². The third kappa shape index (κ3) is 5.13. The molecule has 0 amide bonds. The molecule has 0 saturated heterocycles. The maximum atomic E-state index is 6.06. The summed E-state index contributed by atoms with van der Waals surface area (Å²) in [5.74, 6) is 0.747. The number of hydrogen-bond donors (Lipinski definition) is 1. The first-order valence-electron chi connectivity index (χ1n) is 7.19. The molecule has 0 saturated carbocycles. The molecular weight excluding hydrogens is 270 g/mol. The molecule has 2 N–H and O–H groups in total. The van der Waals surface area contributed by atoms with Gasteiger partial charge >= 0.3 is 0 Å². The van der Waals surface area contributed by atoms with Crippen LogP contribution in [-0.4, -0.2) is 40.1 Å². The van der Waals surface area contributed by atoms with Crippen molar-refractivity contribution in [3.8, 4) is 0 Å². The van der Waals surface area contributed by atoms with Crippen molar-refractivity contribution < 1.29 is 18.6 Å². The van der Waals surface area contributed by atoms with Crippen molar-refractivity contribution in [2.24, 2.45) is 5.73 Å². The van der Waals surface area contributed by atoms with Crippen LogP contribution in [-0.2, 0) is 14.2 Å². The molecule has 2 aromatic rings. The molecule has 0 bridgehead atoms. The third-order valence-electron chi connectivity index (χ3n) is 3.12. The van der Waals surface area contributed by atoms with Gasteiger partial charge in [0.25, 0.3) is 0 Å². The summed E-state index contributed by atoms with van der Waals surface area (Å²) in [6, 6.07) is 9.56. The second-order valence-corrected chi connectivity index (χ2v) is 4.83. The molecule has 5 heteroatoms. The van der Waals surface area contributed by atoms with E-state index in [0.29, 0.717) is 26.4 Å². The summed E-state index contributed by atoms with van der Waals surface area (Å²) in [6.45, 7) is 2.92. The minimum absolute atomic E-state index is 0.258. The van der Waals surface area contributed by atoms with E-state index in [2.05, 4.69) is 0 Å². The van der Waals surface area contributed by atoms with Crippen molar-refractivity contribution in [3.05, 3.63) is 36.1 Å². The summed E-state index contributed by atoms with van der Waals surface area (Å²) in [5.41, 5.74) is 6.91. The highest BCUT2D eigenvalue weighted by atomic mass is 16.5. The number of methoxy groups -OCH3 is 1. The third-order valence-corrected chi connectivity index (χ3v) is 3.12. The summed E-state index contributed by atoms with van der Waals surface area (Å²) in [5, 5.41) is 1.06. The van der Waals surface area contributed by atoms with Crippen LogP contribution in [0.25, 0.3) is 11.0 Å². The first-order valence-corrected chi connectivity index (χ1v) is 7.19. The van der Waals surface area contributed by atoms with Crippen molar-refractivity contribution in [1.82, 2.24) is 0 Å². The Morgan fingerprint density at radius 3 is 2.71 bits per heavy atom. The van der Waals surface area contributed by atoms with Gasteiger partial charge in [0.15, 0.2) is 0 Å². The molecule has 1 heterocycles. The molecule has 0 aliphatic carbocycles. The lowest BCUT2D eigenvalue weighted by molar-refractivity contribution is 0.0341. The number of ether oxygens (including phenoxy) is 3. The molecule has 0 aliphatic heterocycles. The molecule has 1 aromatic carbocycles. The van der Waals surface area contributed by atoms with Gasteiger partial charge in [0.1, 0.15) is 11.3 Å². The van der Waals surface area contributed by atoms with E-state index in [1.807, 2.05) is 30.3 Å². The Balaban J connectivity index is 1.64. The molecule has 0 aliphatic rings. The summed E-state index contributed by atoms with van der Waals surface area (Å²) in [4.78, 5) is 0. The van der Waals surface area contributed by atoms with E-state index in [1.54, 1.807) is 7.11 Å². The van der Waals surface area contributed by atoms with E-state index in [9.17, 15) is 0 Å². The molecule has 2 rings (SSSR count). The number of nitrogens with two attached hydrogens (primary N) is 1. The van der Waals surface area contributed by atoms with Gasteiger partial charge in [0.05, 0.1) is 25.9 Å². The van der Waals surface area contributed by atoms with E-state index < -0.39 is 0 Å². The molecule has 0 radical (unpaired) electrons. The lowest BCUT2D eigenvalue weighted by atomic mass is 10.2. The van der Waals surface area contributed by atoms with Gasteiger partial charge in [0.2, 0.25) is 0 Å². The maximum absolute atomic E-state index is 6.06. The summed E-state index contributed by atoms with van der Waals surface area (Å²) >= 11 is 0. The first-order chi connectivity index (χ1) is 10.3. The summed E-state index contributed by atoms with van der Waals surface area (Å²) in [6.07, 6.45) is 0.898. The Morgan fingerprint density at radius 2 is 1.90 bits per heavy atom. The van der Waals surface area contributed by atoms with Crippen molar-refractivity contribution >= 4 is 11.0 Å². The lowest BCUT2D eigenvalue weighted by Gasteiger charge is -2.10. The highest BCUT2D eigenvalue weighted by Gasteiger charge is 2.11. The number of furan rings is 1. The molecule has 5 nitrogen and oxygen atoms in total. The van der Waals surface area contributed by atoms with Crippen molar-refractivity contribution in [3.63, 3.8) is 0 Å². The zero-order valence-corrected chi connectivity index (χ0v) is 12.4. The van der Waals surface area contributed by atoms with Crippen LogP contribution in [0.5, 0.6) is 0 Å². The van der Waals surface area contributed by atoms with E-state index >= 15 is 0 Å². The van der Waals surface area contributed by atoms with Gasteiger partial charge in [-0.1, -0.05) is 18.2 Å². The Labute approximate surface area is 125 Å². The van der Waals surface area contributed by atoms with E-state index in [-0.39, 0.29) is 6.04 Å². The average Bonchev–Trinajstić information content (AvgIpc) is 2.94. The van der Waals surface area contributed by atoms with Crippen LogP contribution in [0, 0.1) is 0 Å². The number of para-hydroxylation sites is 1. The molecule has 1 unspecified atom stereocenters. The summed E-state index contributed by atoms with van der Waals surface area (Å²) < 4.78 is 21.6. The van der Waals surface area contributed by atoms with E-state index in [4.69, 9.17) is 24.4 Å². The van der Waals surface area contributed by atoms with Crippen LogP contribution in [0.4, 0.5) is 0 Å². The van der Waals surface area contributed by atoms with Crippen LogP contribution in [0.3, 0.4) is 0 Å². The molecular formula is C16H23NO4. The topological polar surface area (TPSA) is 66.8 Å². The minimum atomic E-state index is -0.258. The van der Waals surface area contributed by atoms with Crippen molar-refractivity contribution in [2.45, 2.75) is 12.5 Å². The first kappa shape index (κ1) is 16.0. The van der Waals surface area contributed by atoms with E-state index in [1.165, 1.54) is 0 Å². The minimum Gasteiger partial charge on any atom is -0.459 e. The van der Waals surface area contributed by atoms with Gasteiger partial charge in [-0.25, -0.2) is 0 Å². The van der Waals surface area contributed by atoms with Gasteiger partial charge in [-0.2, -0.15) is 0 Å². The predicted octanol–water partition coefficient (Wildman–Crippen LogP) is 2.50. The fourth-order valence-corrected chi connectivity index (χ4v) is 2.00. The second-order valence-electron chi connectivity index (χ2n) is 4.83. The molecule has 1 atom stereocenters. The SMILES string of the molecule is COCCCOCCOCC(N)c1cc2ccccc2o1. The smallest absolute Gasteiger partial charge is 0.134 e. The summed E-state index contributed by atoms with van der Waals surface area (Å²) in [7, 11) is 1.68. The van der Waals surface area contributed by atoms with Gasteiger partial charge in [-0.15, -0.1) is 0 Å². The fourth-order valence-electron chi connectivity index (χ4n) is 2.00. The van der Waals surface area contributed by atoms with Gasteiger partial charge in [0, 0.05) is 25.7 Å². The van der Waals surface area contributed by atoms with Crippen LogP contribution in [0.2, 0.25) is 0 Å². The monoisotopic (exact) mass is 293 g/mol. The van der Waals surface area contributed by atoms with Gasteiger partial charge in [-0.3, -0.25) is 0 Å². The standard InChI is InChI=1S/C16H23NO4/c1-18-7-4-8-19-9-10-20-12-14(17)16-11-13-5-2-3-6-15(13)21-16/h2-3,5-6,11,14H,4,7-10,12,17H2,1H3.